The summed E-state index contributed by atoms with van der Waals surface area (Å²) in [4.78, 5) is 12.0. The van der Waals surface area contributed by atoms with E-state index in [-0.39, 0.29) is 11.3 Å². The molecule has 0 aliphatic rings. The monoisotopic (exact) mass is 306 g/mol. The van der Waals surface area contributed by atoms with Crippen LogP contribution in [0, 0.1) is 0 Å². The van der Waals surface area contributed by atoms with Crippen LogP contribution in [-0.2, 0) is 0 Å². The molecular formula is C13H11BrN2O2. The number of nitrogens with two attached hydrogens (primary N) is 1. The number of para-hydroxylation sites is 2. The van der Waals surface area contributed by atoms with Gasteiger partial charge in [0.1, 0.15) is 5.75 Å². The lowest BCUT2D eigenvalue weighted by atomic mass is 10.2. The molecule has 0 spiro atoms. The SMILES string of the molecule is Nc1ccccc1NC(=O)c1ccc(Br)cc1O. The Bertz CT molecular complexity index is 599. The predicted molar refractivity (Wildman–Crippen MR) is 74.6 cm³/mol. The first-order valence-corrected chi connectivity index (χ1v) is 6.01. The smallest absolute Gasteiger partial charge is 0.259 e. The largest absolute Gasteiger partial charge is 0.507 e. The minimum atomic E-state index is -0.405. The number of phenols is 1. The van der Waals surface area contributed by atoms with Crippen LogP contribution in [0.4, 0.5) is 11.4 Å². The minimum absolute atomic E-state index is 0.0867. The van der Waals surface area contributed by atoms with Crippen molar-refractivity contribution in [2.45, 2.75) is 0 Å². The van der Waals surface area contributed by atoms with Crippen LogP contribution in [0.25, 0.3) is 0 Å². The summed E-state index contributed by atoms with van der Waals surface area (Å²) in [5.41, 5.74) is 6.91. The molecule has 5 heteroatoms. The van der Waals surface area contributed by atoms with Gasteiger partial charge in [0.2, 0.25) is 0 Å². The Hall–Kier alpha value is -2.01. The quantitative estimate of drug-likeness (QED) is 0.747. The average molecular weight is 307 g/mol. The maximum Gasteiger partial charge on any atom is 0.259 e. The fraction of sp³-hybridized carbons (Fsp3) is 0. The molecule has 1 amide bonds. The van der Waals surface area contributed by atoms with Crippen molar-refractivity contribution in [2.75, 3.05) is 11.1 Å². The second kappa shape index (κ2) is 5.10. The molecule has 0 fully saturated rings. The molecule has 0 aromatic heterocycles. The van der Waals surface area contributed by atoms with Crippen LogP contribution in [0.15, 0.2) is 46.9 Å². The van der Waals surface area contributed by atoms with Gasteiger partial charge >= 0.3 is 0 Å². The van der Waals surface area contributed by atoms with Crippen molar-refractivity contribution in [3.8, 4) is 5.75 Å². The molecule has 92 valence electrons. The van der Waals surface area contributed by atoms with E-state index in [0.29, 0.717) is 15.8 Å². The number of hydrogen-bond donors (Lipinski definition) is 3. The standard InChI is InChI=1S/C13H11BrN2O2/c14-8-5-6-9(12(17)7-8)13(18)16-11-4-2-1-3-10(11)15/h1-7,17H,15H2,(H,16,18). The molecule has 0 heterocycles. The van der Waals surface area contributed by atoms with E-state index < -0.39 is 5.91 Å². The first-order valence-electron chi connectivity index (χ1n) is 5.22. The molecule has 0 radical (unpaired) electrons. The van der Waals surface area contributed by atoms with Crippen LogP contribution in [0.1, 0.15) is 10.4 Å². The van der Waals surface area contributed by atoms with Crippen molar-refractivity contribution in [2.24, 2.45) is 0 Å². The van der Waals surface area contributed by atoms with Gasteiger partial charge in [-0.3, -0.25) is 4.79 Å². The van der Waals surface area contributed by atoms with Crippen LogP contribution >= 0.6 is 15.9 Å². The van der Waals surface area contributed by atoms with E-state index in [1.54, 1.807) is 30.3 Å². The lowest BCUT2D eigenvalue weighted by molar-refractivity contribution is 0.102. The van der Waals surface area contributed by atoms with Gasteiger partial charge < -0.3 is 16.2 Å². The van der Waals surface area contributed by atoms with E-state index in [1.165, 1.54) is 12.1 Å². The highest BCUT2D eigenvalue weighted by atomic mass is 79.9. The molecule has 2 rings (SSSR count). The van der Waals surface area contributed by atoms with Gasteiger partial charge in [-0.05, 0) is 30.3 Å². The highest BCUT2D eigenvalue weighted by Crippen LogP contribution is 2.24. The number of amides is 1. The molecule has 2 aromatic carbocycles. The van der Waals surface area contributed by atoms with Crippen molar-refractivity contribution < 1.29 is 9.90 Å². The summed E-state index contributed by atoms with van der Waals surface area (Å²) in [6.07, 6.45) is 0. The van der Waals surface area contributed by atoms with Gasteiger partial charge in [-0.1, -0.05) is 28.1 Å². The van der Waals surface area contributed by atoms with Crippen LogP contribution in [0.5, 0.6) is 5.75 Å². The highest BCUT2D eigenvalue weighted by Gasteiger charge is 2.12. The summed E-state index contributed by atoms with van der Waals surface area (Å²) in [6, 6.07) is 11.6. The lowest BCUT2D eigenvalue weighted by Crippen LogP contribution is -2.13. The summed E-state index contributed by atoms with van der Waals surface area (Å²) in [5.74, 6) is -0.491. The number of halogens is 1. The zero-order valence-electron chi connectivity index (χ0n) is 9.35. The molecule has 0 saturated carbocycles. The molecule has 0 atom stereocenters. The summed E-state index contributed by atoms with van der Waals surface area (Å²) >= 11 is 3.21. The van der Waals surface area contributed by atoms with E-state index in [2.05, 4.69) is 21.2 Å². The number of aromatic hydroxyl groups is 1. The normalized spacial score (nSPS) is 10.1. The number of nitrogens with one attached hydrogen (secondary N) is 1. The minimum Gasteiger partial charge on any atom is -0.507 e. The lowest BCUT2D eigenvalue weighted by Gasteiger charge is -2.09. The second-order valence-corrected chi connectivity index (χ2v) is 4.62. The molecule has 0 bridgehead atoms. The number of nitrogen functional groups attached to an aromatic ring is 1. The maximum absolute atomic E-state index is 12.0. The van der Waals surface area contributed by atoms with Gasteiger partial charge in [0.25, 0.3) is 5.91 Å². The molecule has 0 unspecified atom stereocenters. The zero-order chi connectivity index (χ0) is 13.1. The molecule has 0 aliphatic heterocycles. The Labute approximate surface area is 113 Å². The van der Waals surface area contributed by atoms with Crippen molar-refractivity contribution in [1.29, 1.82) is 0 Å². The van der Waals surface area contributed by atoms with E-state index in [4.69, 9.17) is 5.73 Å². The Morgan fingerprint density at radius 3 is 2.61 bits per heavy atom. The number of hydrogen-bond acceptors (Lipinski definition) is 3. The highest BCUT2D eigenvalue weighted by molar-refractivity contribution is 9.10. The van der Waals surface area contributed by atoms with E-state index in [1.807, 2.05) is 0 Å². The first-order chi connectivity index (χ1) is 8.58. The third kappa shape index (κ3) is 2.62. The number of phenolic OH excluding ortho intramolecular Hbond substituents is 1. The maximum atomic E-state index is 12.0. The van der Waals surface area contributed by atoms with Crippen LogP contribution in [0.2, 0.25) is 0 Å². The molecule has 2 aromatic rings. The average Bonchev–Trinajstić information content (AvgIpc) is 2.32. The summed E-state index contributed by atoms with van der Waals surface area (Å²) in [6.45, 7) is 0. The first kappa shape index (κ1) is 12.4. The van der Waals surface area contributed by atoms with Crippen molar-refractivity contribution >= 4 is 33.2 Å². The van der Waals surface area contributed by atoms with E-state index in [9.17, 15) is 9.90 Å². The summed E-state index contributed by atoms with van der Waals surface area (Å²) in [5, 5.41) is 12.3. The third-order valence-electron chi connectivity index (χ3n) is 2.41. The van der Waals surface area contributed by atoms with Crippen molar-refractivity contribution in [3.05, 3.63) is 52.5 Å². The van der Waals surface area contributed by atoms with E-state index in [0.717, 1.165) is 0 Å². The number of rotatable bonds is 2. The van der Waals surface area contributed by atoms with Gasteiger partial charge in [-0.2, -0.15) is 0 Å². The second-order valence-electron chi connectivity index (χ2n) is 3.70. The number of benzene rings is 2. The molecular weight excluding hydrogens is 296 g/mol. The number of anilines is 2. The Kier molecular flexibility index (Phi) is 3.53. The zero-order valence-corrected chi connectivity index (χ0v) is 10.9. The van der Waals surface area contributed by atoms with Gasteiger partial charge in [0.15, 0.2) is 0 Å². The molecule has 0 saturated heterocycles. The van der Waals surface area contributed by atoms with Gasteiger partial charge in [-0.15, -0.1) is 0 Å². The summed E-state index contributed by atoms with van der Waals surface area (Å²) in [7, 11) is 0. The van der Waals surface area contributed by atoms with Crippen LogP contribution in [-0.4, -0.2) is 11.0 Å². The van der Waals surface area contributed by atoms with Gasteiger partial charge in [0, 0.05) is 4.47 Å². The molecule has 18 heavy (non-hydrogen) atoms. The van der Waals surface area contributed by atoms with E-state index >= 15 is 0 Å². The van der Waals surface area contributed by atoms with Gasteiger partial charge in [-0.25, -0.2) is 0 Å². The Balaban J connectivity index is 2.25. The van der Waals surface area contributed by atoms with Crippen LogP contribution in [0.3, 0.4) is 0 Å². The van der Waals surface area contributed by atoms with Crippen molar-refractivity contribution in [3.63, 3.8) is 0 Å². The molecule has 4 nitrogen and oxygen atoms in total. The Morgan fingerprint density at radius 1 is 1.22 bits per heavy atom. The number of carbonyl (C=O) groups excluding carboxylic acids is 1. The Morgan fingerprint density at radius 2 is 1.94 bits per heavy atom. The fourth-order valence-electron chi connectivity index (χ4n) is 1.50. The van der Waals surface area contributed by atoms with Gasteiger partial charge in [0.05, 0.1) is 16.9 Å². The van der Waals surface area contributed by atoms with Crippen molar-refractivity contribution in [1.82, 2.24) is 0 Å². The topological polar surface area (TPSA) is 75.3 Å². The predicted octanol–water partition coefficient (Wildman–Crippen LogP) is 2.99. The summed E-state index contributed by atoms with van der Waals surface area (Å²) < 4.78 is 0.704. The molecule has 0 aliphatic carbocycles. The third-order valence-corrected chi connectivity index (χ3v) is 2.91. The fourth-order valence-corrected chi connectivity index (χ4v) is 1.85. The van der Waals surface area contributed by atoms with Crippen LogP contribution < -0.4 is 11.1 Å². The number of carbonyl (C=O) groups is 1. The molecule has 4 N–H and O–H groups in total.